The zero-order chi connectivity index (χ0) is 8.20. The minimum Gasteiger partial charge on any atom is -0.370 e. The lowest BCUT2D eigenvalue weighted by atomic mass is 10.0. The standard InChI is InChI=1S/C6H11N3O/c1-6(2,9-4-7)3-5(8)10/h9H,3H2,1-2H3,(H2,8,10). The smallest absolute Gasteiger partial charge is 0.219 e. The molecule has 0 spiro atoms. The predicted octanol–water partition coefficient (Wildman–Crippen LogP) is -0.289. The second-order valence-corrected chi connectivity index (χ2v) is 2.76. The average Bonchev–Trinajstić information content (AvgIpc) is 1.59. The maximum atomic E-state index is 10.4. The summed E-state index contributed by atoms with van der Waals surface area (Å²) in [6.07, 6.45) is 1.92. The molecule has 0 rings (SSSR count). The van der Waals surface area contributed by atoms with E-state index in [1.807, 2.05) is 0 Å². The third kappa shape index (κ3) is 3.72. The fourth-order valence-corrected chi connectivity index (χ4v) is 0.631. The molecule has 0 saturated heterocycles. The van der Waals surface area contributed by atoms with Gasteiger partial charge >= 0.3 is 0 Å². The summed E-state index contributed by atoms with van der Waals surface area (Å²) < 4.78 is 0. The Labute approximate surface area is 60.0 Å². The number of carbonyl (C=O) groups excluding carboxylic acids is 1. The molecule has 0 saturated carbocycles. The molecule has 0 aromatic carbocycles. The largest absolute Gasteiger partial charge is 0.370 e. The van der Waals surface area contributed by atoms with Crippen LogP contribution in [0.1, 0.15) is 20.3 Å². The Balaban J connectivity index is 3.89. The van der Waals surface area contributed by atoms with Crippen LogP contribution in [0.25, 0.3) is 0 Å². The highest BCUT2D eigenvalue weighted by Crippen LogP contribution is 2.05. The number of nitrogens with two attached hydrogens (primary N) is 1. The first-order valence-electron chi connectivity index (χ1n) is 2.92. The molecule has 0 heterocycles. The summed E-state index contributed by atoms with van der Waals surface area (Å²) >= 11 is 0. The Hall–Kier alpha value is -1.24. The summed E-state index contributed by atoms with van der Waals surface area (Å²) in [7, 11) is 0. The van der Waals surface area contributed by atoms with Crippen LogP contribution < -0.4 is 11.1 Å². The van der Waals surface area contributed by atoms with Crippen LogP contribution in [-0.4, -0.2) is 11.4 Å². The Kier molecular flexibility index (Phi) is 2.68. The average molecular weight is 141 g/mol. The molecule has 1 amide bonds. The van der Waals surface area contributed by atoms with E-state index in [1.165, 1.54) is 0 Å². The third-order valence-corrected chi connectivity index (χ3v) is 1.01. The van der Waals surface area contributed by atoms with Crippen molar-refractivity contribution in [3.63, 3.8) is 0 Å². The molecule has 10 heavy (non-hydrogen) atoms. The van der Waals surface area contributed by atoms with Crippen molar-refractivity contribution in [3.05, 3.63) is 0 Å². The van der Waals surface area contributed by atoms with Crippen LogP contribution in [-0.2, 0) is 4.79 Å². The molecule has 0 fully saturated rings. The van der Waals surface area contributed by atoms with Crippen LogP contribution in [0.15, 0.2) is 0 Å². The second-order valence-electron chi connectivity index (χ2n) is 2.76. The van der Waals surface area contributed by atoms with Crippen molar-refractivity contribution in [2.75, 3.05) is 0 Å². The van der Waals surface area contributed by atoms with Gasteiger partial charge in [0.2, 0.25) is 5.91 Å². The minimum absolute atomic E-state index is 0.167. The van der Waals surface area contributed by atoms with E-state index in [4.69, 9.17) is 11.0 Å². The number of nitrogens with zero attached hydrogens (tertiary/aromatic N) is 1. The number of hydrogen-bond donors (Lipinski definition) is 2. The summed E-state index contributed by atoms with van der Waals surface area (Å²) in [6.45, 7) is 3.47. The van der Waals surface area contributed by atoms with E-state index in [9.17, 15) is 4.79 Å². The van der Waals surface area contributed by atoms with Gasteiger partial charge in [0.15, 0.2) is 6.19 Å². The third-order valence-electron chi connectivity index (χ3n) is 1.01. The summed E-state index contributed by atoms with van der Waals surface area (Å²) in [5, 5.41) is 10.7. The van der Waals surface area contributed by atoms with Gasteiger partial charge in [-0.15, -0.1) is 0 Å². The summed E-state index contributed by atoms with van der Waals surface area (Å²) in [4.78, 5) is 10.4. The van der Waals surface area contributed by atoms with Crippen molar-refractivity contribution >= 4 is 5.91 Å². The Morgan fingerprint density at radius 3 is 2.60 bits per heavy atom. The topological polar surface area (TPSA) is 78.9 Å². The minimum atomic E-state index is -0.513. The lowest BCUT2D eigenvalue weighted by molar-refractivity contribution is -0.119. The normalized spacial score (nSPS) is 10.1. The number of nitriles is 1. The van der Waals surface area contributed by atoms with E-state index in [2.05, 4.69) is 5.32 Å². The van der Waals surface area contributed by atoms with Gasteiger partial charge in [-0.3, -0.25) is 4.79 Å². The number of primary amides is 1. The van der Waals surface area contributed by atoms with Crippen LogP contribution in [0.3, 0.4) is 0 Å². The lowest BCUT2D eigenvalue weighted by Gasteiger charge is -2.19. The monoisotopic (exact) mass is 141 g/mol. The van der Waals surface area contributed by atoms with Crippen LogP contribution in [0.2, 0.25) is 0 Å². The van der Waals surface area contributed by atoms with Crippen LogP contribution in [0, 0.1) is 11.5 Å². The summed E-state index contributed by atoms with van der Waals surface area (Å²) in [5.41, 5.74) is 4.41. The highest BCUT2D eigenvalue weighted by atomic mass is 16.1. The molecule has 0 aromatic heterocycles. The van der Waals surface area contributed by atoms with Crippen molar-refractivity contribution in [1.82, 2.24) is 5.32 Å². The van der Waals surface area contributed by atoms with E-state index >= 15 is 0 Å². The van der Waals surface area contributed by atoms with E-state index in [-0.39, 0.29) is 6.42 Å². The quantitative estimate of drug-likeness (QED) is 0.418. The van der Waals surface area contributed by atoms with Crippen LogP contribution in [0.4, 0.5) is 0 Å². The highest BCUT2D eigenvalue weighted by Gasteiger charge is 2.18. The van der Waals surface area contributed by atoms with Crippen molar-refractivity contribution in [3.8, 4) is 6.19 Å². The first kappa shape index (κ1) is 8.76. The van der Waals surface area contributed by atoms with E-state index < -0.39 is 11.4 Å². The Morgan fingerprint density at radius 1 is 1.80 bits per heavy atom. The molecule has 0 aliphatic carbocycles. The number of rotatable bonds is 3. The predicted molar refractivity (Wildman–Crippen MR) is 36.6 cm³/mol. The lowest BCUT2D eigenvalue weighted by Crippen LogP contribution is -2.39. The second kappa shape index (κ2) is 3.06. The molecule has 0 bridgehead atoms. The zero-order valence-corrected chi connectivity index (χ0v) is 6.14. The molecule has 0 unspecified atom stereocenters. The van der Waals surface area contributed by atoms with Gasteiger partial charge in [-0.1, -0.05) is 0 Å². The van der Waals surface area contributed by atoms with E-state index in [1.54, 1.807) is 20.0 Å². The van der Waals surface area contributed by atoms with Gasteiger partial charge in [0, 0.05) is 12.0 Å². The van der Waals surface area contributed by atoms with Gasteiger partial charge in [0.05, 0.1) is 0 Å². The maximum absolute atomic E-state index is 10.4. The fraction of sp³-hybridized carbons (Fsp3) is 0.667. The molecule has 0 radical (unpaired) electrons. The Morgan fingerprint density at radius 2 is 2.30 bits per heavy atom. The molecule has 0 aliphatic heterocycles. The molecule has 4 heteroatoms. The van der Waals surface area contributed by atoms with E-state index in [0.717, 1.165) is 0 Å². The number of hydrogen-bond acceptors (Lipinski definition) is 3. The molecule has 4 nitrogen and oxygen atoms in total. The van der Waals surface area contributed by atoms with Gasteiger partial charge in [-0.2, -0.15) is 5.26 Å². The first-order valence-corrected chi connectivity index (χ1v) is 2.92. The molecule has 3 N–H and O–H groups in total. The van der Waals surface area contributed by atoms with Gasteiger partial charge in [-0.25, -0.2) is 0 Å². The fourth-order valence-electron chi connectivity index (χ4n) is 0.631. The van der Waals surface area contributed by atoms with Gasteiger partial charge in [0.25, 0.3) is 0 Å². The van der Waals surface area contributed by atoms with Crippen molar-refractivity contribution < 1.29 is 4.79 Å². The SMILES string of the molecule is CC(C)(CC(N)=O)NC#N. The molecular formula is C6H11N3O. The highest BCUT2D eigenvalue weighted by molar-refractivity contribution is 5.75. The first-order chi connectivity index (χ1) is 4.48. The van der Waals surface area contributed by atoms with Crippen LogP contribution in [0.5, 0.6) is 0 Å². The van der Waals surface area contributed by atoms with Crippen molar-refractivity contribution in [1.29, 1.82) is 5.26 Å². The molecular weight excluding hydrogens is 130 g/mol. The molecule has 0 aliphatic rings. The molecule has 0 atom stereocenters. The zero-order valence-electron chi connectivity index (χ0n) is 6.14. The summed E-state index contributed by atoms with van der Waals surface area (Å²) in [6, 6.07) is 0. The summed E-state index contributed by atoms with van der Waals surface area (Å²) in [5.74, 6) is -0.409. The van der Waals surface area contributed by atoms with Crippen molar-refractivity contribution in [2.45, 2.75) is 25.8 Å². The van der Waals surface area contributed by atoms with Gasteiger partial charge in [-0.05, 0) is 13.8 Å². The number of carbonyl (C=O) groups is 1. The van der Waals surface area contributed by atoms with Crippen molar-refractivity contribution in [2.24, 2.45) is 5.73 Å². The Bertz CT molecular complexity index is 168. The maximum Gasteiger partial charge on any atom is 0.219 e. The molecule has 56 valence electrons. The molecule has 0 aromatic rings. The number of nitrogens with one attached hydrogen (secondary N) is 1. The van der Waals surface area contributed by atoms with Gasteiger partial charge < -0.3 is 11.1 Å². The number of amides is 1. The van der Waals surface area contributed by atoms with E-state index in [0.29, 0.717) is 0 Å². The van der Waals surface area contributed by atoms with Gasteiger partial charge in [0.1, 0.15) is 0 Å². The van der Waals surface area contributed by atoms with Crippen LogP contribution >= 0.6 is 0 Å².